The van der Waals surface area contributed by atoms with Gasteiger partial charge in [-0.15, -0.1) is 0 Å². The average molecular weight is 299 g/mol. The zero-order valence-corrected chi connectivity index (χ0v) is 12.7. The fourth-order valence-corrected chi connectivity index (χ4v) is 2.87. The van der Waals surface area contributed by atoms with Crippen LogP contribution in [-0.2, 0) is 6.54 Å². The van der Waals surface area contributed by atoms with E-state index in [9.17, 15) is 4.79 Å². The molecular weight excluding hydrogens is 278 g/mol. The molecule has 0 saturated carbocycles. The first-order chi connectivity index (χ1) is 10.8. The second-order valence-electron chi connectivity index (χ2n) is 5.43. The Morgan fingerprint density at radius 1 is 1.50 bits per heavy atom. The Morgan fingerprint density at radius 3 is 3.18 bits per heavy atom. The van der Waals surface area contributed by atoms with E-state index in [0.29, 0.717) is 5.56 Å². The minimum atomic E-state index is -0.0526. The predicted molar refractivity (Wildman–Crippen MR) is 84.4 cm³/mol. The van der Waals surface area contributed by atoms with Gasteiger partial charge in [0.15, 0.2) is 0 Å². The first-order valence-corrected chi connectivity index (χ1v) is 7.53. The van der Waals surface area contributed by atoms with Crippen molar-refractivity contribution in [3.8, 4) is 0 Å². The number of carbonyl (C=O) groups is 1. The van der Waals surface area contributed by atoms with Crippen LogP contribution < -0.4 is 10.6 Å². The van der Waals surface area contributed by atoms with Gasteiger partial charge in [-0.1, -0.05) is 12.1 Å². The highest BCUT2D eigenvalue weighted by atomic mass is 16.1. The Labute approximate surface area is 129 Å². The lowest BCUT2D eigenvalue weighted by Gasteiger charge is -2.36. The lowest BCUT2D eigenvalue weighted by Crippen LogP contribution is -2.45. The van der Waals surface area contributed by atoms with E-state index in [1.54, 1.807) is 13.2 Å². The molecule has 0 spiro atoms. The normalized spacial score (nSPS) is 19.0. The van der Waals surface area contributed by atoms with Crippen molar-refractivity contribution in [1.82, 2.24) is 25.5 Å². The molecule has 1 aliphatic heterocycles. The average Bonchev–Trinajstić information content (AvgIpc) is 3.08. The summed E-state index contributed by atoms with van der Waals surface area (Å²) in [6.07, 6.45) is 3.62. The number of hydrogen-bond donors (Lipinski definition) is 3. The number of hydrogen-bond acceptors (Lipinski definition) is 4. The van der Waals surface area contributed by atoms with E-state index in [1.165, 1.54) is 0 Å². The van der Waals surface area contributed by atoms with Crippen LogP contribution in [0.15, 0.2) is 36.7 Å². The number of aromatic amines is 1. The summed E-state index contributed by atoms with van der Waals surface area (Å²) in [4.78, 5) is 21.7. The van der Waals surface area contributed by atoms with Gasteiger partial charge in [0, 0.05) is 50.7 Å². The molecule has 0 radical (unpaired) electrons. The van der Waals surface area contributed by atoms with Gasteiger partial charge >= 0.3 is 0 Å². The van der Waals surface area contributed by atoms with Crippen molar-refractivity contribution in [3.05, 3.63) is 53.6 Å². The molecule has 1 aromatic heterocycles. The largest absolute Gasteiger partial charge is 0.355 e. The minimum absolute atomic E-state index is 0.0526. The van der Waals surface area contributed by atoms with Crippen LogP contribution in [0.4, 0.5) is 0 Å². The van der Waals surface area contributed by atoms with Crippen LogP contribution in [0, 0.1) is 0 Å². The minimum Gasteiger partial charge on any atom is -0.355 e. The standard InChI is InChI=1S/C16H21N5O/c1-17-16(22)13-4-2-3-12(9-13)14-10-18-7-8-21(14)11-15-19-5-6-20-15/h2-6,9,14,18H,7-8,10-11H2,1H3,(H,17,22)(H,19,20)/t14-/m1/s1. The van der Waals surface area contributed by atoms with Gasteiger partial charge in [0.05, 0.1) is 6.54 Å². The maximum Gasteiger partial charge on any atom is 0.251 e. The quantitative estimate of drug-likeness (QED) is 0.785. The molecule has 6 heteroatoms. The maximum absolute atomic E-state index is 11.8. The molecular formula is C16H21N5O. The molecule has 0 bridgehead atoms. The van der Waals surface area contributed by atoms with Crippen LogP contribution in [0.2, 0.25) is 0 Å². The number of piperazine rings is 1. The van der Waals surface area contributed by atoms with Crippen LogP contribution in [-0.4, -0.2) is 47.5 Å². The summed E-state index contributed by atoms with van der Waals surface area (Å²) in [5.41, 5.74) is 1.85. The number of H-pyrrole nitrogens is 1. The van der Waals surface area contributed by atoms with E-state index < -0.39 is 0 Å². The molecule has 6 nitrogen and oxygen atoms in total. The molecule has 0 unspecified atom stereocenters. The van der Waals surface area contributed by atoms with Crippen LogP contribution >= 0.6 is 0 Å². The van der Waals surface area contributed by atoms with Gasteiger partial charge in [0.1, 0.15) is 5.82 Å². The second-order valence-corrected chi connectivity index (χ2v) is 5.43. The van der Waals surface area contributed by atoms with E-state index in [4.69, 9.17) is 0 Å². The first kappa shape index (κ1) is 14.7. The van der Waals surface area contributed by atoms with Gasteiger partial charge in [0.2, 0.25) is 0 Å². The van der Waals surface area contributed by atoms with Gasteiger partial charge in [0.25, 0.3) is 5.91 Å². The van der Waals surface area contributed by atoms with Gasteiger partial charge in [-0.05, 0) is 17.7 Å². The summed E-state index contributed by atoms with van der Waals surface area (Å²) in [6, 6.07) is 8.09. The Kier molecular flexibility index (Phi) is 4.50. The topological polar surface area (TPSA) is 73.1 Å². The van der Waals surface area contributed by atoms with E-state index in [0.717, 1.165) is 37.6 Å². The number of carbonyl (C=O) groups excluding carboxylic acids is 1. The van der Waals surface area contributed by atoms with Crippen LogP contribution in [0.1, 0.15) is 27.8 Å². The van der Waals surface area contributed by atoms with E-state index in [2.05, 4.69) is 31.6 Å². The fourth-order valence-electron chi connectivity index (χ4n) is 2.87. The Morgan fingerprint density at radius 2 is 2.41 bits per heavy atom. The summed E-state index contributed by atoms with van der Waals surface area (Å²) in [5.74, 6) is 0.914. The number of benzene rings is 1. The molecule has 2 heterocycles. The highest BCUT2D eigenvalue weighted by Gasteiger charge is 2.24. The highest BCUT2D eigenvalue weighted by molar-refractivity contribution is 5.94. The zero-order valence-electron chi connectivity index (χ0n) is 12.7. The van der Waals surface area contributed by atoms with Crippen LogP contribution in [0.3, 0.4) is 0 Å². The molecule has 1 amide bonds. The molecule has 2 aromatic rings. The van der Waals surface area contributed by atoms with Crippen molar-refractivity contribution >= 4 is 5.91 Å². The van der Waals surface area contributed by atoms with E-state index in [1.807, 2.05) is 24.4 Å². The SMILES string of the molecule is CNC(=O)c1cccc([C@H]2CNCCN2Cc2ncc[nH]2)c1. The highest BCUT2D eigenvalue weighted by Crippen LogP contribution is 2.24. The Hall–Kier alpha value is -2.18. The van der Waals surface area contributed by atoms with Gasteiger partial charge < -0.3 is 15.6 Å². The number of aromatic nitrogens is 2. The molecule has 3 N–H and O–H groups in total. The number of imidazole rings is 1. The lowest BCUT2D eigenvalue weighted by atomic mass is 10.0. The number of nitrogens with zero attached hydrogens (tertiary/aromatic N) is 2. The molecule has 116 valence electrons. The maximum atomic E-state index is 11.8. The van der Waals surface area contributed by atoms with Gasteiger partial charge in [-0.3, -0.25) is 9.69 Å². The lowest BCUT2D eigenvalue weighted by molar-refractivity contribution is 0.0962. The monoisotopic (exact) mass is 299 g/mol. The van der Waals surface area contributed by atoms with Crippen molar-refractivity contribution in [2.75, 3.05) is 26.7 Å². The van der Waals surface area contributed by atoms with Gasteiger partial charge in [-0.2, -0.15) is 0 Å². The summed E-state index contributed by atoms with van der Waals surface area (Å²) >= 11 is 0. The molecule has 1 saturated heterocycles. The molecule has 0 aliphatic carbocycles. The number of nitrogens with one attached hydrogen (secondary N) is 3. The fraction of sp³-hybridized carbons (Fsp3) is 0.375. The van der Waals surface area contributed by atoms with Crippen molar-refractivity contribution in [2.24, 2.45) is 0 Å². The van der Waals surface area contributed by atoms with Crippen LogP contribution in [0.5, 0.6) is 0 Å². The first-order valence-electron chi connectivity index (χ1n) is 7.53. The molecule has 1 aromatic carbocycles. The van der Waals surface area contributed by atoms with Gasteiger partial charge in [-0.25, -0.2) is 4.98 Å². The molecule has 1 fully saturated rings. The van der Waals surface area contributed by atoms with Crippen LogP contribution in [0.25, 0.3) is 0 Å². The molecule has 1 atom stereocenters. The van der Waals surface area contributed by atoms with E-state index >= 15 is 0 Å². The van der Waals surface area contributed by atoms with Crippen molar-refractivity contribution in [1.29, 1.82) is 0 Å². The molecule has 22 heavy (non-hydrogen) atoms. The smallest absolute Gasteiger partial charge is 0.251 e. The molecule has 3 rings (SSSR count). The Bertz CT molecular complexity index is 625. The summed E-state index contributed by atoms with van der Waals surface area (Å²) in [7, 11) is 1.65. The molecule has 1 aliphatic rings. The number of rotatable bonds is 4. The van der Waals surface area contributed by atoms with Crippen molar-refractivity contribution < 1.29 is 4.79 Å². The number of amides is 1. The summed E-state index contributed by atoms with van der Waals surface area (Å²) in [5, 5.41) is 6.11. The third kappa shape index (κ3) is 3.18. The van der Waals surface area contributed by atoms with Crippen molar-refractivity contribution in [2.45, 2.75) is 12.6 Å². The predicted octanol–water partition coefficient (Wildman–Crippen LogP) is 0.916. The summed E-state index contributed by atoms with van der Waals surface area (Å²) < 4.78 is 0. The zero-order chi connectivity index (χ0) is 15.4. The third-order valence-electron chi connectivity index (χ3n) is 4.02. The van der Waals surface area contributed by atoms with Crippen molar-refractivity contribution in [3.63, 3.8) is 0 Å². The Balaban J connectivity index is 1.82. The van der Waals surface area contributed by atoms with E-state index in [-0.39, 0.29) is 11.9 Å². The second kappa shape index (κ2) is 6.72. The third-order valence-corrected chi connectivity index (χ3v) is 4.02. The summed E-state index contributed by atoms with van der Waals surface area (Å²) in [6.45, 7) is 3.57.